The lowest BCUT2D eigenvalue weighted by Crippen LogP contribution is -2.47. The third-order valence-electron chi connectivity index (χ3n) is 8.37. The Hall–Kier alpha value is -3.76. The Bertz CT molecular complexity index is 1130. The molecule has 0 aliphatic carbocycles. The average Bonchev–Trinajstić information content (AvgIpc) is 3.76. The Kier molecular flexibility index (Phi) is 12.7. The van der Waals surface area contributed by atoms with Crippen molar-refractivity contribution >= 4 is 23.8 Å². The fourth-order valence-corrected chi connectivity index (χ4v) is 5.91. The van der Waals surface area contributed by atoms with Gasteiger partial charge in [-0.05, 0) is 49.7 Å². The number of methoxy groups -OCH3 is 2. The molecule has 2 aromatic carbocycles. The molecule has 0 spiro atoms. The van der Waals surface area contributed by atoms with E-state index in [1.165, 1.54) is 14.2 Å². The van der Waals surface area contributed by atoms with E-state index in [0.29, 0.717) is 51.6 Å². The van der Waals surface area contributed by atoms with E-state index in [1.807, 2.05) is 60.7 Å². The van der Waals surface area contributed by atoms with Crippen molar-refractivity contribution in [1.82, 2.24) is 9.80 Å². The van der Waals surface area contributed by atoms with Crippen LogP contribution in [0.1, 0.15) is 62.5 Å². The van der Waals surface area contributed by atoms with Crippen molar-refractivity contribution in [2.75, 3.05) is 27.3 Å². The van der Waals surface area contributed by atoms with Crippen molar-refractivity contribution in [3.8, 4) is 0 Å². The molecule has 2 aliphatic rings. The minimum Gasteiger partial charge on any atom is -0.459 e. The maximum Gasteiger partial charge on any atom is 0.329 e. The van der Waals surface area contributed by atoms with Gasteiger partial charge in [-0.2, -0.15) is 0 Å². The van der Waals surface area contributed by atoms with Gasteiger partial charge in [0, 0.05) is 27.3 Å². The molecule has 238 valence electrons. The molecule has 0 bridgehead atoms. The number of benzene rings is 2. The Morgan fingerprint density at radius 2 is 1.05 bits per heavy atom. The summed E-state index contributed by atoms with van der Waals surface area (Å²) in [7, 11) is 2.99. The largest absolute Gasteiger partial charge is 0.459 e. The quantitative estimate of drug-likeness (QED) is 0.220. The van der Waals surface area contributed by atoms with Gasteiger partial charge in [0.25, 0.3) is 11.8 Å². The van der Waals surface area contributed by atoms with E-state index in [4.69, 9.17) is 18.9 Å². The first-order chi connectivity index (χ1) is 21.4. The van der Waals surface area contributed by atoms with Gasteiger partial charge in [0.05, 0.1) is 0 Å². The number of ether oxygens (including phenoxy) is 4. The van der Waals surface area contributed by atoms with Crippen LogP contribution in [-0.2, 0) is 51.3 Å². The predicted molar refractivity (Wildman–Crippen MR) is 162 cm³/mol. The molecular formula is C34H44N2O8. The molecule has 0 radical (unpaired) electrons. The first-order valence-corrected chi connectivity index (χ1v) is 15.5. The van der Waals surface area contributed by atoms with Crippen molar-refractivity contribution in [3.05, 3.63) is 71.8 Å². The highest BCUT2D eigenvalue weighted by atomic mass is 16.5. The van der Waals surface area contributed by atoms with Crippen molar-refractivity contribution in [2.24, 2.45) is 0 Å². The summed E-state index contributed by atoms with van der Waals surface area (Å²) in [6.07, 6.45) is 3.31. The van der Waals surface area contributed by atoms with Gasteiger partial charge >= 0.3 is 11.9 Å². The fraction of sp³-hybridized carbons (Fsp3) is 0.529. The number of likely N-dealkylation sites (tertiary alicyclic amines) is 2. The molecule has 2 aromatic rings. The number of carbonyl (C=O) groups excluding carboxylic acids is 4. The first-order valence-electron chi connectivity index (χ1n) is 15.5. The number of hydrogen-bond donors (Lipinski definition) is 0. The van der Waals surface area contributed by atoms with Crippen LogP contribution in [0, 0.1) is 0 Å². The molecule has 2 fully saturated rings. The SMILES string of the molecule is COC(CCCCC(OC)C(=O)N1CCCC1C(=O)OCc1ccccc1)C(=O)N1CCCC1C(=O)OCc1ccccc1. The zero-order valence-electron chi connectivity index (χ0n) is 25.7. The van der Waals surface area contributed by atoms with Crippen molar-refractivity contribution in [1.29, 1.82) is 0 Å². The van der Waals surface area contributed by atoms with Crippen LogP contribution in [0.5, 0.6) is 0 Å². The van der Waals surface area contributed by atoms with E-state index in [-0.39, 0.29) is 25.0 Å². The van der Waals surface area contributed by atoms with Crippen LogP contribution in [0.3, 0.4) is 0 Å². The van der Waals surface area contributed by atoms with Gasteiger partial charge in [-0.25, -0.2) is 9.59 Å². The molecule has 0 saturated carbocycles. The number of amides is 2. The Labute approximate surface area is 259 Å². The van der Waals surface area contributed by atoms with Gasteiger partial charge in [-0.1, -0.05) is 73.5 Å². The monoisotopic (exact) mass is 608 g/mol. The fourth-order valence-electron chi connectivity index (χ4n) is 5.91. The summed E-state index contributed by atoms with van der Waals surface area (Å²) in [5, 5.41) is 0. The van der Waals surface area contributed by atoms with E-state index < -0.39 is 36.2 Å². The van der Waals surface area contributed by atoms with Gasteiger partial charge in [0.2, 0.25) is 0 Å². The van der Waals surface area contributed by atoms with Crippen molar-refractivity contribution in [3.63, 3.8) is 0 Å². The van der Waals surface area contributed by atoms with E-state index in [9.17, 15) is 19.2 Å². The summed E-state index contributed by atoms with van der Waals surface area (Å²) >= 11 is 0. The minimum atomic E-state index is -0.698. The summed E-state index contributed by atoms with van der Waals surface area (Å²) in [4.78, 5) is 55.5. The molecule has 4 atom stereocenters. The van der Waals surface area contributed by atoms with Crippen LogP contribution >= 0.6 is 0 Å². The summed E-state index contributed by atoms with van der Waals surface area (Å²) in [6.45, 7) is 1.29. The van der Waals surface area contributed by atoms with E-state index in [0.717, 1.165) is 24.0 Å². The highest BCUT2D eigenvalue weighted by Gasteiger charge is 2.39. The van der Waals surface area contributed by atoms with Crippen LogP contribution in [0.15, 0.2) is 60.7 Å². The number of nitrogens with zero attached hydrogens (tertiary/aromatic N) is 2. The number of carbonyl (C=O) groups is 4. The predicted octanol–water partition coefficient (Wildman–Crippen LogP) is 4.05. The minimum absolute atomic E-state index is 0.165. The van der Waals surface area contributed by atoms with Crippen LogP contribution in [0.4, 0.5) is 0 Å². The Morgan fingerprint density at radius 1 is 0.659 bits per heavy atom. The van der Waals surface area contributed by atoms with Crippen LogP contribution in [0.25, 0.3) is 0 Å². The molecule has 2 amide bonds. The van der Waals surface area contributed by atoms with Crippen LogP contribution < -0.4 is 0 Å². The molecule has 2 saturated heterocycles. The zero-order chi connectivity index (χ0) is 31.3. The zero-order valence-corrected chi connectivity index (χ0v) is 25.7. The molecule has 0 aromatic heterocycles. The lowest BCUT2D eigenvalue weighted by molar-refractivity contribution is -0.158. The first kappa shape index (κ1) is 33.1. The van der Waals surface area contributed by atoms with E-state index >= 15 is 0 Å². The smallest absolute Gasteiger partial charge is 0.329 e. The number of esters is 2. The maximum atomic E-state index is 13.3. The molecule has 4 unspecified atom stereocenters. The van der Waals surface area contributed by atoms with Crippen molar-refractivity contribution in [2.45, 2.75) is 88.9 Å². The highest BCUT2D eigenvalue weighted by Crippen LogP contribution is 2.24. The molecule has 2 aliphatic heterocycles. The summed E-state index contributed by atoms with van der Waals surface area (Å²) in [5.74, 6) is -1.25. The van der Waals surface area contributed by atoms with Gasteiger partial charge in [0.1, 0.15) is 37.5 Å². The highest BCUT2D eigenvalue weighted by molar-refractivity contribution is 5.88. The molecule has 10 heteroatoms. The van der Waals surface area contributed by atoms with Crippen LogP contribution in [-0.4, -0.2) is 85.2 Å². The topological polar surface area (TPSA) is 112 Å². The third-order valence-corrected chi connectivity index (χ3v) is 8.37. The Morgan fingerprint density at radius 3 is 1.41 bits per heavy atom. The molecule has 4 rings (SSSR count). The van der Waals surface area contributed by atoms with Gasteiger partial charge in [-0.3, -0.25) is 9.59 Å². The second-order valence-electron chi connectivity index (χ2n) is 11.3. The average molecular weight is 609 g/mol. The number of rotatable bonds is 15. The summed E-state index contributed by atoms with van der Waals surface area (Å²) in [5.41, 5.74) is 1.78. The normalized spacial score (nSPS) is 19.4. The second kappa shape index (κ2) is 16.9. The molecule has 10 nitrogen and oxygen atoms in total. The lowest BCUT2D eigenvalue weighted by atomic mass is 10.0. The van der Waals surface area contributed by atoms with Gasteiger partial charge in [0.15, 0.2) is 0 Å². The molecule has 44 heavy (non-hydrogen) atoms. The standard InChI is InChI=1S/C34H44N2O8/c1-41-29(31(37)35-21-11-17-27(35)33(39)43-23-25-13-5-3-6-14-25)19-9-10-20-30(42-2)32(38)36-22-12-18-28(36)34(40)44-24-26-15-7-4-8-16-26/h3-8,13-16,27-30H,9-12,17-24H2,1-2H3. The second-order valence-corrected chi connectivity index (χ2v) is 11.3. The molecule has 2 heterocycles. The Balaban J connectivity index is 1.22. The molecule has 0 N–H and O–H groups in total. The number of unbranched alkanes of at least 4 members (excludes halogenated alkanes) is 1. The van der Waals surface area contributed by atoms with Crippen LogP contribution in [0.2, 0.25) is 0 Å². The van der Waals surface area contributed by atoms with Gasteiger partial charge in [-0.15, -0.1) is 0 Å². The molecular weight excluding hydrogens is 564 g/mol. The summed E-state index contributed by atoms with van der Waals surface area (Å²) in [6, 6.07) is 17.6. The van der Waals surface area contributed by atoms with Crippen molar-refractivity contribution < 1.29 is 38.1 Å². The van der Waals surface area contributed by atoms with E-state index in [2.05, 4.69) is 0 Å². The maximum absolute atomic E-state index is 13.3. The number of hydrogen-bond acceptors (Lipinski definition) is 8. The lowest BCUT2D eigenvalue weighted by Gasteiger charge is -2.28. The van der Waals surface area contributed by atoms with E-state index in [1.54, 1.807) is 9.80 Å². The third kappa shape index (κ3) is 8.89. The summed E-state index contributed by atoms with van der Waals surface area (Å²) < 4.78 is 22.1. The van der Waals surface area contributed by atoms with Gasteiger partial charge < -0.3 is 28.7 Å².